The smallest absolute Gasteiger partial charge is 0.137 e. The molecule has 1 unspecified atom stereocenters. The molecule has 0 saturated heterocycles. The van der Waals surface area contributed by atoms with Crippen LogP contribution in [0.4, 0.5) is 8.78 Å². The molecule has 2 rings (SSSR count). The monoisotopic (exact) mass is 354 g/mol. The molecule has 0 aliphatic heterocycles. The zero-order chi connectivity index (χ0) is 15.8. The third-order valence-electron chi connectivity index (χ3n) is 3.40. The molecule has 21 heavy (non-hydrogen) atoms. The summed E-state index contributed by atoms with van der Waals surface area (Å²) in [5, 5.41) is 10.5. The lowest BCUT2D eigenvalue weighted by Crippen LogP contribution is -2.17. The molecule has 0 aliphatic rings. The third-order valence-corrected chi connectivity index (χ3v) is 4.01. The molecule has 0 radical (unpaired) electrons. The maximum Gasteiger partial charge on any atom is 0.137 e. The highest BCUT2D eigenvalue weighted by Gasteiger charge is 2.24. The van der Waals surface area contributed by atoms with Gasteiger partial charge in [0.05, 0.1) is 4.47 Å². The zero-order valence-corrected chi connectivity index (χ0v) is 13.7. The van der Waals surface area contributed by atoms with Gasteiger partial charge in [-0.05, 0) is 44.6 Å². The van der Waals surface area contributed by atoms with E-state index in [1.54, 1.807) is 12.1 Å². The molecule has 0 aromatic heterocycles. The maximum atomic E-state index is 14.0. The maximum absolute atomic E-state index is 14.0. The van der Waals surface area contributed by atoms with Crippen LogP contribution in [0, 0.1) is 11.6 Å². The Labute approximate surface area is 131 Å². The van der Waals surface area contributed by atoms with E-state index in [0.717, 1.165) is 17.7 Å². The van der Waals surface area contributed by atoms with Crippen molar-refractivity contribution >= 4 is 15.9 Å². The Morgan fingerprint density at radius 3 is 2.24 bits per heavy atom. The molecule has 112 valence electrons. The highest BCUT2D eigenvalue weighted by atomic mass is 79.9. The van der Waals surface area contributed by atoms with E-state index in [1.165, 1.54) is 0 Å². The van der Waals surface area contributed by atoms with E-state index in [-0.39, 0.29) is 15.5 Å². The number of hydrogen-bond acceptors (Lipinski definition) is 1. The molecular formula is C17H17BrF2O. The first kappa shape index (κ1) is 16.1. The molecule has 0 spiro atoms. The Morgan fingerprint density at radius 2 is 1.62 bits per heavy atom. The van der Waals surface area contributed by atoms with Crippen LogP contribution in [0.15, 0.2) is 40.9 Å². The van der Waals surface area contributed by atoms with Gasteiger partial charge in [-0.25, -0.2) is 8.78 Å². The molecule has 2 aromatic carbocycles. The molecule has 1 N–H and O–H groups in total. The van der Waals surface area contributed by atoms with Gasteiger partial charge >= 0.3 is 0 Å². The van der Waals surface area contributed by atoms with Crippen LogP contribution in [-0.2, 0) is 5.41 Å². The molecule has 0 amide bonds. The fraction of sp³-hybridized carbons (Fsp3) is 0.294. The number of aliphatic hydroxyl groups is 1. The summed E-state index contributed by atoms with van der Waals surface area (Å²) in [4.78, 5) is 0. The predicted molar refractivity (Wildman–Crippen MR) is 83.3 cm³/mol. The van der Waals surface area contributed by atoms with Gasteiger partial charge in [0.15, 0.2) is 0 Å². The Bertz CT molecular complexity index is 662. The number of hydrogen-bond donors (Lipinski definition) is 1. The largest absolute Gasteiger partial charge is 0.384 e. The van der Waals surface area contributed by atoms with E-state index >= 15 is 0 Å². The number of halogens is 3. The summed E-state index contributed by atoms with van der Waals surface area (Å²) in [7, 11) is 0. The molecule has 4 heteroatoms. The average Bonchev–Trinajstić information content (AvgIpc) is 2.41. The summed E-state index contributed by atoms with van der Waals surface area (Å²) < 4.78 is 27.7. The van der Waals surface area contributed by atoms with Crippen LogP contribution < -0.4 is 0 Å². The van der Waals surface area contributed by atoms with E-state index in [1.807, 2.05) is 32.9 Å². The number of rotatable bonds is 2. The predicted octanol–water partition coefficient (Wildman–Crippen LogP) is 5.11. The van der Waals surface area contributed by atoms with Crippen LogP contribution in [0.5, 0.6) is 0 Å². The Kier molecular flexibility index (Phi) is 4.49. The quantitative estimate of drug-likeness (QED) is 0.743. The fourth-order valence-electron chi connectivity index (χ4n) is 2.33. The van der Waals surface area contributed by atoms with Gasteiger partial charge in [-0.2, -0.15) is 0 Å². The van der Waals surface area contributed by atoms with Gasteiger partial charge in [-0.15, -0.1) is 0 Å². The SMILES string of the molecule is CC(C)(C)c1ccccc1C(O)c1cc(F)c(Br)cc1F. The van der Waals surface area contributed by atoms with Crippen LogP contribution in [0.1, 0.15) is 43.6 Å². The summed E-state index contributed by atoms with van der Waals surface area (Å²) >= 11 is 2.94. The first-order valence-electron chi connectivity index (χ1n) is 6.63. The van der Waals surface area contributed by atoms with Crippen LogP contribution in [0.3, 0.4) is 0 Å². The molecular weight excluding hydrogens is 338 g/mol. The van der Waals surface area contributed by atoms with Crippen molar-refractivity contribution in [3.63, 3.8) is 0 Å². The van der Waals surface area contributed by atoms with Crippen molar-refractivity contribution in [2.24, 2.45) is 0 Å². The van der Waals surface area contributed by atoms with Crippen molar-refractivity contribution in [2.45, 2.75) is 32.3 Å². The van der Waals surface area contributed by atoms with Crippen molar-refractivity contribution < 1.29 is 13.9 Å². The normalized spacial score (nSPS) is 13.3. The lowest BCUT2D eigenvalue weighted by molar-refractivity contribution is 0.211. The van der Waals surface area contributed by atoms with Crippen molar-refractivity contribution in [2.75, 3.05) is 0 Å². The Balaban J connectivity index is 2.56. The molecule has 0 fully saturated rings. The molecule has 0 bridgehead atoms. The number of benzene rings is 2. The molecule has 0 aliphatic carbocycles. The highest BCUT2D eigenvalue weighted by molar-refractivity contribution is 9.10. The van der Waals surface area contributed by atoms with Gasteiger partial charge < -0.3 is 5.11 Å². The van der Waals surface area contributed by atoms with E-state index in [2.05, 4.69) is 15.9 Å². The first-order valence-corrected chi connectivity index (χ1v) is 7.43. The molecule has 1 atom stereocenters. The molecule has 2 aromatic rings. The minimum absolute atomic E-state index is 0.0417. The highest BCUT2D eigenvalue weighted by Crippen LogP contribution is 2.34. The average molecular weight is 355 g/mol. The van der Waals surface area contributed by atoms with E-state index in [0.29, 0.717) is 5.56 Å². The van der Waals surface area contributed by atoms with Crippen molar-refractivity contribution in [3.05, 3.63) is 69.2 Å². The minimum atomic E-state index is -1.21. The summed E-state index contributed by atoms with van der Waals surface area (Å²) in [6.45, 7) is 6.03. The fourth-order valence-corrected chi connectivity index (χ4v) is 2.65. The summed E-state index contributed by atoms with van der Waals surface area (Å²) in [6.07, 6.45) is -1.21. The van der Waals surface area contributed by atoms with Gasteiger partial charge in [0.1, 0.15) is 17.7 Å². The first-order chi connectivity index (χ1) is 9.71. The lowest BCUT2D eigenvalue weighted by Gasteiger charge is -2.25. The van der Waals surface area contributed by atoms with Gasteiger partial charge in [0, 0.05) is 5.56 Å². The summed E-state index contributed by atoms with van der Waals surface area (Å²) in [6, 6.07) is 9.35. The number of aliphatic hydroxyl groups excluding tert-OH is 1. The lowest BCUT2D eigenvalue weighted by atomic mass is 9.81. The Hall–Kier alpha value is -1.26. The summed E-state index contributed by atoms with van der Waals surface area (Å²) in [5.41, 5.74) is 1.22. The topological polar surface area (TPSA) is 20.2 Å². The van der Waals surface area contributed by atoms with Gasteiger partial charge in [0.2, 0.25) is 0 Å². The van der Waals surface area contributed by atoms with E-state index in [9.17, 15) is 13.9 Å². The molecule has 1 nitrogen and oxygen atoms in total. The molecule has 0 heterocycles. The minimum Gasteiger partial charge on any atom is -0.384 e. The van der Waals surface area contributed by atoms with Crippen LogP contribution in [0.25, 0.3) is 0 Å². The van der Waals surface area contributed by atoms with E-state index in [4.69, 9.17) is 0 Å². The summed E-state index contributed by atoms with van der Waals surface area (Å²) in [5.74, 6) is -1.24. The Morgan fingerprint density at radius 1 is 1.00 bits per heavy atom. The second-order valence-corrected chi connectivity index (χ2v) is 6.88. The van der Waals surface area contributed by atoms with Crippen molar-refractivity contribution in [3.8, 4) is 0 Å². The van der Waals surface area contributed by atoms with Gasteiger partial charge in [0.25, 0.3) is 0 Å². The van der Waals surface area contributed by atoms with Gasteiger partial charge in [-0.3, -0.25) is 0 Å². The van der Waals surface area contributed by atoms with Crippen LogP contribution in [0.2, 0.25) is 0 Å². The standard InChI is InChI=1S/C17H17BrF2O/c1-17(2,3)12-7-5-4-6-10(12)16(21)11-8-15(20)13(18)9-14(11)19/h4-9,16,21H,1-3H3. The zero-order valence-electron chi connectivity index (χ0n) is 12.1. The van der Waals surface area contributed by atoms with Gasteiger partial charge in [-0.1, -0.05) is 45.0 Å². The second kappa shape index (κ2) is 5.85. The van der Waals surface area contributed by atoms with Crippen molar-refractivity contribution in [1.29, 1.82) is 0 Å². The van der Waals surface area contributed by atoms with E-state index < -0.39 is 17.7 Å². The van der Waals surface area contributed by atoms with Crippen LogP contribution in [-0.4, -0.2) is 5.11 Å². The third kappa shape index (κ3) is 3.33. The van der Waals surface area contributed by atoms with Crippen molar-refractivity contribution in [1.82, 2.24) is 0 Å². The van der Waals surface area contributed by atoms with Crippen LogP contribution >= 0.6 is 15.9 Å². The molecule has 0 saturated carbocycles. The second-order valence-electron chi connectivity index (χ2n) is 6.03.